The predicted molar refractivity (Wildman–Crippen MR) is 55.3 cm³/mol. The molecule has 3 nitrogen and oxygen atoms in total. The van der Waals surface area contributed by atoms with Crippen molar-refractivity contribution < 1.29 is 14.7 Å². The van der Waals surface area contributed by atoms with Crippen molar-refractivity contribution in [3.8, 4) is 0 Å². The van der Waals surface area contributed by atoms with Crippen molar-refractivity contribution in [2.75, 3.05) is 0 Å². The van der Waals surface area contributed by atoms with Crippen molar-refractivity contribution in [3.63, 3.8) is 0 Å². The van der Waals surface area contributed by atoms with E-state index in [-0.39, 0.29) is 6.42 Å². The Morgan fingerprint density at radius 1 is 0.929 bits per heavy atom. The van der Waals surface area contributed by atoms with Crippen LogP contribution in [0.2, 0.25) is 0 Å². The van der Waals surface area contributed by atoms with Gasteiger partial charge < -0.3 is 5.11 Å². The molecule has 0 fully saturated rings. The van der Waals surface area contributed by atoms with Crippen LogP contribution in [0.5, 0.6) is 0 Å². The normalized spacial score (nSPS) is 10.1. The molecule has 0 rings (SSSR count). The van der Waals surface area contributed by atoms with Gasteiger partial charge in [0.1, 0.15) is 5.78 Å². The molecule has 0 aromatic rings. The van der Waals surface area contributed by atoms with Crippen LogP contribution in [0.15, 0.2) is 0 Å². The van der Waals surface area contributed by atoms with E-state index in [9.17, 15) is 9.59 Å². The highest BCUT2D eigenvalue weighted by Crippen LogP contribution is 2.06. The van der Waals surface area contributed by atoms with E-state index in [2.05, 4.69) is 6.92 Å². The maximum Gasteiger partial charge on any atom is 0.303 e. The zero-order chi connectivity index (χ0) is 10.8. The third-order valence-electron chi connectivity index (χ3n) is 2.16. The highest BCUT2D eigenvalue weighted by molar-refractivity contribution is 5.78. The van der Waals surface area contributed by atoms with Crippen LogP contribution in [-0.4, -0.2) is 16.9 Å². The lowest BCUT2D eigenvalue weighted by molar-refractivity contribution is -0.137. The molecule has 1 N–H and O–H groups in total. The topological polar surface area (TPSA) is 54.4 Å². The molecule has 0 aliphatic carbocycles. The molecule has 82 valence electrons. The van der Waals surface area contributed by atoms with Crippen LogP contribution in [0.1, 0.15) is 58.3 Å². The quantitative estimate of drug-likeness (QED) is 0.582. The molecule has 0 amide bonds. The summed E-state index contributed by atoms with van der Waals surface area (Å²) in [7, 11) is 0. The summed E-state index contributed by atoms with van der Waals surface area (Å²) in [6, 6.07) is 0. The fourth-order valence-corrected chi connectivity index (χ4v) is 1.27. The Kier molecular flexibility index (Phi) is 8.19. The van der Waals surface area contributed by atoms with E-state index in [1.807, 2.05) is 0 Å². The van der Waals surface area contributed by atoms with E-state index in [1.54, 1.807) is 0 Å². The Bertz CT molecular complexity index is 175. The fraction of sp³-hybridized carbons (Fsp3) is 0.818. The van der Waals surface area contributed by atoms with Crippen molar-refractivity contribution in [3.05, 3.63) is 0 Å². The van der Waals surface area contributed by atoms with Crippen molar-refractivity contribution in [1.82, 2.24) is 0 Å². The highest BCUT2D eigenvalue weighted by Gasteiger charge is 2.01. The van der Waals surface area contributed by atoms with E-state index in [4.69, 9.17) is 5.11 Å². The maximum atomic E-state index is 11.2. The van der Waals surface area contributed by atoms with Gasteiger partial charge >= 0.3 is 5.97 Å². The number of ketones is 1. The molecule has 14 heavy (non-hydrogen) atoms. The molecule has 0 aliphatic rings. The Morgan fingerprint density at radius 2 is 1.50 bits per heavy atom. The van der Waals surface area contributed by atoms with Crippen LogP contribution in [0, 0.1) is 0 Å². The first kappa shape index (κ1) is 13.1. The molecule has 0 aromatic heterocycles. The van der Waals surface area contributed by atoms with Crippen LogP contribution in [-0.2, 0) is 9.59 Å². The molecule has 0 aliphatic heterocycles. The standard InChI is InChI=1S/C11H20O3/c1-2-3-7-10(12)8-5-4-6-9-11(13)14/h2-9H2,1H3,(H,13,14). The summed E-state index contributed by atoms with van der Waals surface area (Å²) in [4.78, 5) is 21.4. The van der Waals surface area contributed by atoms with Gasteiger partial charge in [0.2, 0.25) is 0 Å². The number of hydrogen-bond donors (Lipinski definition) is 1. The van der Waals surface area contributed by atoms with E-state index in [0.29, 0.717) is 25.0 Å². The van der Waals surface area contributed by atoms with Gasteiger partial charge in [0.25, 0.3) is 0 Å². The molecule has 0 aromatic carbocycles. The number of carbonyl (C=O) groups is 2. The zero-order valence-corrected chi connectivity index (χ0v) is 8.92. The van der Waals surface area contributed by atoms with E-state index in [1.165, 1.54) is 0 Å². The van der Waals surface area contributed by atoms with Crippen LogP contribution in [0.3, 0.4) is 0 Å². The van der Waals surface area contributed by atoms with Gasteiger partial charge in [0, 0.05) is 19.3 Å². The monoisotopic (exact) mass is 200 g/mol. The lowest BCUT2D eigenvalue weighted by Crippen LogP contribution is -1.98. The first-order valence-corrected chi connectivity index (χ1v) is 5.40. The van der Waals surface area contributed by atoms with Crippen LogP contribution in [0.4, 0.5) is 0 Å². The number of unbranched alkanes of at least 4 members (excludes halogenated alkanes) is 3. The molecule has 0 unspecified atom stereocenters. The van der Waals surface area contributed by atoms with Gasteiger partial charge in [0.05, 0.1) is 0 Å². The van der Waals surface area contributed by atoms with Crippen molar-refractivity contribution in [2.24, 2.45) is 0 Å². The molecule has 0 spiro atoms. The summed E-state index contributed by atoms with van der Waals surface area (Å²) in [5.41, 5.74) is 0. The summed E-state index contributed by atoms with van der Waals surface area (Å²) in [6.45, 7) is 2.07. The smallest absolute Gasteiger partial charge is 0.303 e. The Hall–Kier alpha value is -0.860. The molecular weight excluding hydrogens is 180 g/mol. The van der Waals surface area contributed by atoms with Crippen LogP contribution in [0.25, 0.3) is 0 Å². The number of carbonyl (C=O) groups excluding carboxylic acids is 1. The largest absolute Gasteiger partial charge is 0.481 e. The van der Waals surface area contributed by atoms with Crippen LogP contribution < -0.4 is 0 Å². The Morgan fingerprint density at radius 3 is 2.07 bits per heavy atom. The van der Waals surface area contributed by atoms with E-state index >= 15 is 0 Å². The van der Waals surface area contributed by atoms with Gasteiger partial charge in [-0.1, -0.05) is 19.8 Å². The predicted octanol–water partition coefficient (Wildman–Crippen LogP) is 2.78. The second kappa shape index (κ2) is 8.73. The van der Waals surface area contributed by atoms with Gasteiger partial charge in [-0.25, -0.2) is 0 Å². The van der Waals surface area contributed by atoms with Gasteiger partial charge in [-0.05, 0) is 19.3 Å². The summed E-state index contributed by atoms with van der Waals surface area (Å²) < 4.78 is 0. The third kappa shape index (κ3) is 9.23. The molecular formula is C11H20O3. The van der Waals surface area contributed by atoms with E-state index < -0.39 is 5.97 Å². The number of aliphatic carboxylic acids is 1. The number of rotatable bonds is 9. The maximum absolute atomic E-state index is 11.2. The molecule has 3 heteroatoms. The molecule has 0 heterocycles. The number of carboxylic acid groups (broad SMARTS) is 1. The van der Waals surface area contributed by atoms with Gasteiger partial charge in [-0.3, -0.25) is 9.59 Å². The van der Waals surface area contributed by atoms with Gasteiger partial charge in [-0.2, -0.15) is 0 Å². The van der Waals surface area contributed by atoms with Gasteiger partial charge in [-0.15, -0.1) is 0 Å². The zero-order valence-electron chi connectivity index (χ0n) is 8.92. The van der Waals surface area contributed by atoms with Crippen LogP contribution >= 0.6 is 0 Å². The first-order chi connectivity index (χ1) is 6.66. The summed E-state index contributed by atoms with van der Waals surface area (Å²) in [5.74, 6) is -0.426. The molecule has 0 radical (unpaired) electrons. The molecule has 0 bridgehead atoms. The van der Waals surface area contributed by atoms with Crippen molar-refractivity contribution >= 4 is 11.8 Å². The first-order valence-electron chi connectivity index (χ1n) is 5.40. The number of hydrogen-bond acceptors (Lipinski definition) is 2. The lowest BCUT2D eigenvalue weighted by atomic mass is 10.1. The molecule has 0 saturated heterocycles. The summed E-state index contributed by atoms with van der Waals surface area (Å²) in [5, 5.41) is 8.37. The summed E-state index contributed by atoms with van der Waals surface area (Å²) >= 11 is 0. The SMILES string of the molecule is CCCCC(=O)CCCCCC(=O)O. The Balaban J connectivity index is 3.19. The summed E-state index contributed by atoms with van der Waals surface area (Å²) in [6.07, 6.45) is 5.97. The molecule has 0 saturated carbocycles. The minimum atomic E-state index is -0.748. The van der Waals surface area contributed by atoms with Crippen molar-refractivity contribution in [1.29, 1.82) is 0 Å². The molecule has 0 atom stereocenters. The number of Topliss-reactive ketones (excluding diaryl/α,β-unsaturated/α-hetero) is 1. The van der Waals surface area contributed by atoms with Gasteiger partial charge in [0.15, 0.2) is 0 Å². The minimum absolute atomic E-state index is 0.225. The third-order valence-corrected chi connectivity index (χ3v) is 2.16. The second-order valence-electron chi connectivity index (χ2n) is 3.60. The highest BCUT2D eigenvalue weighted by atomic mass is 16.4. The minimum Gasteiger partial charge on any atom is -0.481 e. The number of carboxylic acids is 1. The second-order valence-corrected chi connectivity index (χ2v) is 3.60. The Labute approximate surface area is 85.5 Å². The average molecular weight is 200 g/mol. The lowest BCUT2D eigenvalue weighted by Gasteiger charge is -1.99. The average Bonchev–Trinajstić information content (AvgIpc) is 2.13. The van der Waals surface area contributed by atoms with E-state index in [0.717, 1.165) is 25.7 Å². The van der Waals surface area contributed by atoms with Crippen molar-refractivity contribution in [2.45, 2.75) is 58.3 Å². The fourth-order valence-electron chi connectivity index (χ4n) is 1.27.